The van der Waals surface area contributed by atoms with Crippen LogP contribution in [0.5, 0.6) is 0 Å². The zero-order valence-corrected chi connectivity index (χ0v) is 13.0. The average molecular weight is 270 g/mol. The summed E-state index contributed by atoms with van der Waals surface area (Å²) in [6.07, 6.45) is 6.97. The minimum Gasteiger partial charge on any atom is -0.312 e. The molecule has 3 unspecified atom stereocenters. The summed E-state index contributed by atoms with van der Waals surface area (Å²) in [5, 5.41) is 4.66. The van der Waals surface area contributed by atoms with E-state index in [1.807, 2.05) is 0 Å². The second-order valence-electron chi connectivity index (χ2n) is 6.05. The maximum atomic E-state index is 3.75. The summed E-state index contributed by atoms with van der Waals surface area (Å²) in [4.78, 5) is 2.74. The first-order valence-electron chi connectivity index (χ1n) is 7.87. The van der Waals surface area contributed by atoms with Crippen LogP contribution < -0.4 is 5.32 Å². The van der Waals surface area contributed by atoms with Crippen LogP contribution >= 0.6 is 11.8 Å². The topological polar surface area (TPSA) is 15.3 Å². The van der Waals surface area contributed by atoms with E-state index in [-0.39, 0.29) is 0 Å². The van der Waals surface area contributed by atoms with E-state index in [2.05, 4.69) is 35.8 Å². The monoisotopic (exact) mass is 270 g/mol. The summed E-state index contributed by atoms with van der Waals surface area (Å²) >= 11 is 2.22. The smallest absolute Gasteiger partial charge is 0.0220 e. The summed E-state index contributed by atoms with van der Waals surface area (Å²) in [5.74, 6) is 2.20. The molecular formula is C15H30N2S. The Morgan fingerprint density at radius 2 is 2.22 bits per heavy atom. The van der Waals surface area contributed by atoms with Gasteiger partial charge in [0.15, 0.2) is 0 Å². The van der Waals surface area contributed by atoms with Crippen LogP contribution in [0.25, 0.3) is 0 Å². The van der Waals surface area contributed by atoms with Crippen LogP contribution in [-0.4, -0.2) is 48.1 Å². The molecule has 0 aromatic carbocycles. The maximum Gasteiger partial charge on any atom is 0.0220 e. The van der Waals surface area contributed by atoms with Crippen molar-refractivity contribution in [2.45, 2.75) is 57.2 Å². The van der Waals surface area contributed by atoms with Gasteiger partial charge in [-0.15, -0.1) is 0 Å². The highest BCUT2D eigenvalue weighted by molar-refractivity contribution is 7.99. The summed E-state index contributed by atoms with van der Waals surface area (Å²) < 4.78 is 0. The molecular weight excluding hydrogens is 240 g/mol. The highest BCUT2D eigenvalue weighted by Crippen LogP contribution is 2.26. The lowest BCUT2D eigenvalue weighted by Crippen LogP contribution is -2.43. The summed E-state index contributed by atoms with van der Waals surface area (Å²) in [6, 6.07) is 0.714. The summed E-state index contributed by atoms with van der Waals surface area (Å²) in [7, 11) is 0. The Bertz CT molecular complexity index is 229. The predicted octanol–water partition coefficient (Wildman–Crippen LogP) is 2.98. The third-order valence-electron chi connectivity index (χ3n) is 4.58. The molecule has 2 rings (SSSR count). The van der Waals surface area contributed by atoms with Crippen LogP contribution in [0, 0.1) is 5.92 Å². The lowest BCUT2D eigenvalue weighted by atomic mass is 9.99. The van der Waals surface area contributed by atoms with Gasteiger partial charge in [-0.05, 0) is 44.0 Å². The van der Waals surface area contributed by atoms with Crippen molar-refractivity contribution in [3.8, 4) is 0 Å². The number of hydrogen-bond donors (Lipinski definition) is 1. The van der Waals surface area contributed by atoms with Gasteiger partial charge in [0, 0.05) is 24.4 Å². The maximum absolute atomic E-state index is 3.75. The van der Waals surface area contributed by atoms with Gasteiger partial charge in [0.1, 0.15) is 0 Å². The van der Waals surface area contributed by atoms with Crippen LogP contribution in [-0.2, 0) is 0 Å². The van der Waals surface area contributed by atoms with E-state index < -0.39 is 0 Å². The molecule has 0 bridgehead atoms. The normalized spacial score (nSPS) is 33.0. The molecule has 0 aromatic heterocycles. The van der Waals surface area contributed by atoms with Crippen molar-refractivity contribution in [2.75, 3.05) is 31.9 Å². The van der Waals surface area contributed by atoms with Gasteiger partial charge in [0.2, 0.25) is 0 Å². The lowest BCUT2D eigenvalue weighted by Gasteiger charge is -2.31. The molecule has 3 atom stereocenters. The third kappa shape index (κ3) is 4.43. The Kier molecular flexibility index (Phi) is 6.33. The van der Waals surface area contributed by atoms with E-state index in [1.54, 1.807) is 0 Å². The van der Waals surface area contributed by atoms with Gasteiger partial charge in [-0.1, -0.05) is 26.7 Å². The van der Waals surface area contributed by atoms with Gasteiger partial charge in [-0.2, -0.15) is 11.8 Å². The molecule has 0 amide bonds. The van der Waals surface area contributed by atoms with E-state index in [4.69, 9.17) is 0 Å². The van der Waals surface area contributed by atoms with E-state index >= 15 is 0 Å². The van der Waals surface area contributed by atoms with E-state index in [0.29, 0.717) is 6.04 Å². The number of nitrogens with zero attached hydrogens (tertiary/aromatic N) is 1. The fourth-order valence-corrected chi connectivity index (χ4v) is 4.45. The van der Waals surface area contributed by atoms with Gasteiger partial charge in [0.25, 0.3) is 0 Å². The predicted molar refractivity (Wildman–Crippen MR) is 82.4 cm³/mol. The SMILES string of the molecule is CCC(C)C1CN(CC2CCCCS2)CCCN1. The third-order valence-corrected chi connectivity index (χ3v) is 5.96. The van der Waals surface area contributed by atoms with Crippen molar-refractivity contribution in [3.05, 3.63) is 0 Å². The van der Waals surface area contributed by atoms with Gasteiger partial charge in [-0.3, -0.25) is 0 Å². The molecule has 1 N–H and O–H groups in total. The number of nitrogens with one attached hydrogen (secondary N) is 1. The van der Waals surface area contributed by atoms with Gasteiger partial charge >= 0.3 is 0 Å². The fourth-order valence-electron chi connectivity index (χ4n) is 3.09. The Morgan fingerprint density at radius 3 is 2.94 bits per heavy atom. The zero-order valence-electron chi connectivity index (χ0n) is 12.2. The molecule has 0 aliphatic carbocycles. The van der Waals surface area contributed by atoms with Crippen LogP contribution in [0.3, 0.4) is 0 Å². The highest BCUT2D eigenvalue weighted by Gasteiger charge is 2.24. The molecule has 18 heavy (non-hydrogen) atoms. The number of thioether (sulfide) groups is 1. The van der Waals surface area contributed by atoms with E-state index in [9.17, 15) is 0 Å². The minimum absolute atomic E-state index is 0.714. The van der Waals surface area contributed by atoms with Gasteiger partial charge < -0.3 is 10.2 Å². The second-order valence-corrected chi connectivity index (χ2v) is 7.46. The Morgan fingerprint density at radius 1 is 1.33 bits per heavy atom. The van der Waals surface area contributed by atoms with Crippen molar-refractivity contribution >= 4 is 11.8 Å². The highest BCUT2D eigenvalue weighted by atomic mass is 32.2. The summed E-state index contributed by atoms with van der Waals surface area (Å²) in [6.45, 7) is 9.83. The lowest BCUT2D eigenvalue weighted by molar-refractivity contribution is 0.236. The quantitative estimate of drug-likeness (QED) is 0.845. The van der Waals surface area contributed by atoms with Crippen molar-refractivity contribution in [1.29, 1.82) is 0 Å². The number of rotatable bonds is 4. The first-order valence-corrected chi connectivity index (χ1v) is 8.91. The van der Waals surface area contributed by atoms with E-state index in [0.717, 1.165) is 11.2 Å². The van der Waals surface area contributed by atoms with Gasteiger partial charge in [-0.25, -0.2) is 0 Å². The molecule has 2 fully saturated rings. The van der Waals surface area contributed by atoms with Crippen LogP contribution in [0.4, 0.5) is 0 Å². The first-order chi connectivity index (χ1) is 8.79. The largest absolute Gasteiger partial charge is 0.312 e. The van der Waals surface area contributed by atoms with Crippen LogP contribution in [0.2, 0.25) is 0 Å². The molecule has 2 nitrogen and oxygen atoms in total. The van der Waals surface area contributed by atoms with Gasteiger partial charge in [0.05, 0.1) is 0 Å². The first kappa shape index (κ1) is 14.7. The molecule has 0 saturated carbocycles. The minimum atomic E-state index is 0.714. The second kappa shape index (κ2) is 7.76. The standard InChI is InChI=1S/C15H30N2S/c1-3-13(2)15-12-17(9-6-8-16-15)11-14-7-4-5-10-18-14/h13-16H,3-12H2,1-2H3. The molecule has 2 aliphatic rings. The summed E-state index contributed by atoms with van der Waals surface area (Å²) in [5.41, 5.74) is 0. The molecule has 0 radical (unpaired) electrons. The molecule has 3 heteroatoms. The van der Waals surface area contributed by atoms with Crippen molar-refractivity contribution < 1.29 is 0 Å². The van der Waals surface area contributed by atoms with Crippen molar-refractivity contribution in [3.63, 3.8) is 0 Å². The zero-order chi connectivity index (χ0) is 12.8. The Balaban J connectivity index is 1.82. The molecule has 0 spiro atoms. The van der Waals surface area contributed by atoms with Crippen LogP contribution in [0.1, 0.15) is 46.0 Å². The Hall–Kier alpha value is 0.270. The molecule has 2 saturated heterocycles. The van der Waals surface area contributed by atoms with Crippen molar-refractivity contribution in [1.82, 2.24) is 10.2 Å². The number of hydrogen-bond acceptors (Lipinski definition) is 3. The molecule has 2 aliphatic heterocycles. The molecule has 2 heterocycles. The molecule has 0 aromatic rings. The molecule has 106 valence electrons. The average Bonchev–Trinajstić information content (AvgIpc) is 2.65. The van der Waals surface area contributed by atoms with Crippen LogP contribution in [0.15, 0.2) is 0 Å². The fraction of sp³-hybridized carbons (Fsp3) is 1.00. The Labute approximate surface area is 117 Å². The van der Waals surface area contributed by atoms with E-state index in [1.165, 1.54) is 64.0 Å². The van der Waals surface area contributed by atoms with Crippen molar-refractivity contribution in [2.24, 2.45) is 5.92 Å².